The van der Waals surface area contributed by atoms with E-state index in [9.17, 15) is 52.5 Å². The third kappa shape index (κ3) is 5.85. The van der Waals surface area contributed by atoms with Gasteiger partial charge >= 0.3 is 114 Å². The molecule has 14 heteroatoms. The summed E-state index contributed by atoms with van der Waals surface area (Å²) in [7, 11) is -7.42. The Balaban J connectivity index is 0.000000308. The first kappa shape index (κ1) is 26.6. The van der Waals surface area contributed by atoms with Crippen molar-refractivity contribution in [2.75, 3.05) is 0 Å². The van der Waals surface area contributed by atoms with Crippen molar-refractivity contribution in [3.8, 4) is 0 Å². The van der Waals surface area contributed by atoms with Gasteiger partial charge in [-0.2, -0.15) is 39.5 Å². The molecule has 2 rings (SSSR count). The van der Waals surface area contributed by atoms with Gasteiger partial charge in [0.25, 0.3) is 0 Å². The third-order valence-electron chi connectivity index (χ3n) is 3.20. The van der Waals surface area contributed by atoms with Crippen LogP contribution in [0.2, 0.25) is 0 Å². The van der Waals surface area contributed by atoms with Gasteiger partial charge in [0.15, 0.2) is 10.1 Å². The summed E-state index contributed by atoms with van der Waals surface area (Å²) in [6, 6.07) is 21.6. The summed E-state index contributed by atoms with van der Waals surface area (Å²) in [6.07, 6.45) is -7.16. The second-order valence-corrected chi connectivity index (χ2v) is 11.7. The van der Waals surface area contributed by atoms with Crippen molar-refractivity contribution < 1.29 is 52.5 Å². The second-order valence-electron chi connectivity index (χ2n) is 5.40. The number of halogens is 9. The van der Waals surface area contributed by atoms with Crippen LogP contribution in [0.15, 0.2) is 60.7 Å². The fraction of sp³-hybridized carbons (Fsp3) is 0.250. The molecule has 166 valence electrons. The molecule has 2 aromatic carbocycles. The molecule has 30 heavy (non-hydrogen) atoms. The van der Waals surface area contributed by atoms with Gasteiger partial charge in [0.05, 0.1) is 0 Å². The number of hydrogen-bond donors (Lipinski definition) is 0. The summed E-state index contributed by atoms with van der Waals surface area (Å²) in [6.45, 7) is 0. The number of hydrogen-bond acceptors (Lipinski definition) is 3. The first-order chi connectivity index (χ1) is 13.4. The van der Waals surface area contributed by atoms with Crippen LogP contribution in [0.5, 0.6) is 0 Å². The van der Waals surface area contributed by atoms with Crippen LogP contribution in [0.25, 0.3) is 0 Å². The molecular weight excluding hydrogens is 652 g/mol. The monoisotopic (exact) mass is 662 g/mol. The van der Waals surface area contributed by atoms with Crippen LogP contribution in [-0.2, 0) is 10.1 Å². The van der Waals surface area contributed by atoms with Gasteiger partial charge < -0.3 is 4.55 Å². The van der Waals surface area contributed by atoms with Crippen molar-refractivity contribution >= 4 is 39.9 Å². The van der Waals surface area contributed by atoms with E-state index in [1.54, 1.807) is 6.54 Å². The minimum atomic E-state index is -7.43. The van der Waals surface area contributed by atoms with Crippen LogP contribution in [0.3, 0.4) is 0 Å². The topological polar surface area (TPSA) is 57.2 Å². The minimum absolute atomic E-state index is 0.613. The van der Waals surface area contributed by atoms with E-state index in [2.05, 4.69) is 60.7 Å². The van der Waals surface area contributed by atoms with Crippen LogP contribution in [0, 0.1) is 0 Å². The van der Waals surface area contributed by atoms with Gasteiger partial charge in [-0.05, 0) is 0 Å². The molecular formula is C16H10BiF9O3S. The molecule has 0 aromatic heterocycles. The molecule has 0 bridgehead atoms. The average molecular weight is 662 g/mol. The molecule has 0 N–H and O–H groups in total. The normalized spacial score (nSPS) is 13.4. The molecule has 0 spiro atoms. The van der Waals surface area contributed by atoms with Crippen LogP contribution < -0.4 is 6.54 Å². The van der Waals surface area contributed by atoms with Crippen molar-refractivity contribution in [2.45, 2.75) is 23.3 Å². The van der Waals surface area contributed by atoms with Crippen molar-refractivity contribution in [3.05, 3.63) is 60.7 Å². The number of rotatable bonds is 5. The van der Waals surface area contributed by atoms with E-state index in [1.807, 2.05) is 0 Å². The van der Waals surface area contributed by atoms with Crippen LogP contribution in [0.4, 0.5) is 39.5 Å². The van der Waals surface area contributed by atoms with E-state index in [-0.39, 0.29) is 0 Å². The molecule has 0 aliphatic rings. The van der Waals surface area contributed by atoms with Gasteiger partial charge in [-0.25, -0.2) is 8.42 Å². The Morgan fingerprint density at radius 1 is 0.633 bits per heavy atom. The van der Waals surface area contributed by atoms with Gasteiger partial charge in [-0.1, -0.05) is 0 Å². The SMILES string of the molecule is O=S(=O)([O-])C(F)(F)C(F)(F)C(F)(F)C(F)(F)F.c1cc[c]([Bi+][c]2ccccc2)cc1. The van der Waals surface area contributed by atoms with E-state index in [0.29, 0.717) is 0 Å². The van der Waals surface area contributed by atoms with Crippen molar-refractivity contribution in [1.29, 1.82) is 0 Å². The molecule has 0 saturated heterocycles. The van der Waals surface area contributed by atoms with Gasteiger partial charge in [0.1, 0.15) is 0 Å². The quantitative estimate of drug-likeness (QED) is 0.281. The molecule has 2 radical (unpaired) electrons. The van der Waals surface area contributed by atoms with Crippen molar-refractivity contribution in [2.24, 2.45) is 0 Å². The van der Waals surface area contributed by atoms with E-state index in [1.165, 1.54) is 0 Å². The summed E-state index contributed by atoms with van der Waals surface area (Å²) in [5.41, 5.74) is 0. The zero-order chi connectivity index (χ0) is 23.4. The Labute approximate surface area is 176 Å². The zero-order valence-corrected chi connectivity index (χ0v) is 18.5. The molecule has 0 heterocycles. The molecule has 0 atom stereocenters. The summed E-state index contributed by atoms with van der Waals surface area (Å²) >= 11 is -0.613. The fourth-order valence-corrected chi connectivity index (χ4v) is 5.77. The maximum absolute atomic E-state index is 12.2. The molecule has 0 amide bonds. The second kappa shape index (κ2) is 9.39. The summed E-state index contributed by atoms with van der Waals surface area (Å²) in [4.78, 5) is 0. The van der Waals surface area contributed by atoms with Crippen molar-refractivity contribution in [3.63, 3.8) is 0 Å². The van der Waals surface area contributed by atoms with Crippen LogP contribution in [0.1, 0.15) is 0 Å². The van der Waals surface area contributed by atoms with E-state index in [0.717, 1.165) is 0 Å². The van der Waals surface area contributed by atoms with Gasteiger partial charge in [-0.15, -0.1) is 0 Å². The van der Waals surface area contributed by atoms with Gasteiger partial charge in [0.2, 0.25) is 0 Å². The maximum atomic E-state index is 12.2. The Morgan fingerprint density at radius 3 is 1.23 bits per heavy atom. The first-order valence-electron chi connectivity index (χ1n) is 7.42. The summed E-state index contributed by atoms with van der Waals surface area (Å²) < 4.78 is 139. The number of benzene rings is 2. The summed E-state index contributed by atoms with van der Waals surface area (Å²) in [5.74, 6) is -14.8. The van der Waals surface area contributed by atoms with Crippen molar-refractivity contribution in [1.82, 2.24) is 0 Å². The Bertz CT molecular complexity index is 880. The van der Waals surface area contributed by atoms with Crippen LogP contribution in [-0.4, -0.2) is 59.5 Å². The number of alkyl halides is 9. The molecule has 0 fully saturated rings. The average Bonchev–Trinajstić information content (AvgIpc) is 2.62. The molecule has 0 aliphatic heterocycles. The Morgan fingerprint density at radius 2 is 0.967 bits per heavy atom. The zero-order valence-electron chi connectivity index (χ0n) is 14.3. The predicted octanol–water partition coefficient (Wildman–Crippen LogP) is 3.30. The molecule has 3 nitrogen and oxygen atoms in total. The van der Waals surface area contributed by atoms with Gasteiger partial charge in [-0.3, -0.25) is 0 Å². The molecule has 0 unspecified atom stereocenters. The Hall–Kier alpha value is -1.40. The van der Waals surface area contributed by atoms with E-state index >= 15 is 0 Å². The van der Waals surface area contributed by atoms with E-state index in [4.69, 9.17) is 0 Å². The summed E-state index contributed by atoms with van der Waals surface area (Å²) in [5, 5.41) is -7.11. The molecule has 2 aromatic rings. The van der Waals surface area contributed by atoms with E-state index < -0.39 is 56.6 Å². The first-order valence-corrected chi connectivity index (χ1v) is 12.3. The predicted molar refractivity (Wildman–Crippen MR) is 88.5 cm³/mol. The van der Waals surface area contributed by atoms with Gasteiger partial charge in [0, 0.05) is 0 Å². The molecule has 0 aliphatic carbocycles. The van der Waals surface area contributed by atoms with Crippen LogP contribution >= 0.6 is 0 Å². The standard InChI is InChI=1S/2C6H5.C4HF9O3S.Bi/c2*1-2-4-6-5-3-1;5-1(6,3(9,10)11)2(7,8)4(12,13)17(14,15)16;/h2*1-5H;(H,14,15,16);/q;;;+1/p-1. The molecule has 0 saturated carbocycles. The Kier molecular flexibility index (Phi) is 8.34. The fourth-order valence-electron chi connectivity index (χ4n) is 1.67. The third-order valence-corrected chi connectivity index (χ3v) is 8.41.